The third kappa shape index (κ3) is 10.4. The molecule has 1 N–H and O–H groups in total. The van der Waals surface area contributed by atoms with E-state index in [0.717, 1.165) is 19.3 Å². The summed E-state index contributed by atoms with van der Waals surface area (Å²) in [5.74, 6) is 0. The number of rotatable bonds is 10. The normalized spacial score (nSPS) is 16.5. The van der Waals surface area contributed by atoms with Crippen molar-refractivity contribution in [1.29, 1.82) is 0 Å². The van der Waals surface area contributed by atoms with E-state index < -0.39 is 11.2 Å². The quantitative estimate of drug-likeness (QED) is 0.414. The largest absolute Gasteiger partial charge is 0.491 e. The highest BCUT2D eigenvalue weighted by Gasteiger charge is 2.21. The van der Waals surface area contributed by atoms with E-state index in [2.05, 4.69) is 46.4 Å². The van der Waals surface area contributed by atoms with Gasteiger partial charge < -0.3 is 9.84 Å². The predicted octanol–water partition coefficient (Wildman–Crippen LogP) is 5.71. The molecular weight excluding hydrogens is 272 g/mol. The summed E-state index contributed by atoms with van der Waals surface area (Å²) >= 11 is 0. The first-order valence-corrected chi connectivity index (χ1v) is 8.08. The number of allylic oxidation sites excluding steroid dienone is 4. The standard InChI is InChI=1S/C20H34O2/c1-8-20(7,14-10-12-18(4)5)22-16-15-19(6,21)13-9-11-17(2)3/h8,11-12,15-16,21H,1,9-10,13-14H2,2-7H3/b16-15-. The third-order valence-electron chi connectivity index (χ3n) is 3.59. The first-order chi connectivity index (χ1) is 10.1. The molecule has 0 amide bonds. The van der Waals surface area contributed by atoms with Crippen LogP contribution in [0.15, 0.2) is 48.3 Å². The van der Waals surface area contributed by atoms with Crippen molar-refractivity contribution in [3.63, 3.8) is 0 Å². The summed E-state index contributed by atoms with van der Waals surface area (Å²) in [5, 5.41) is 10.3. The Bertz CT molecular complexity index is 419. The monoisotopic (exact) mass is 306 g/mol. The molecule has 126 valence electrons. The van der Waals surface area contributed by atoms with Crippen LogP contribution in [0.25, 0.3) is 0 Å². The maximum atomic E-state index is 10.3. The van der Waals surface area contributed by atoms with Crippen LogP contribution in [0.3, 0.4) is 0 Å². The van der Waals surface area contributed by atoms with Crippen molar-refractivity contribution in [1.82, 2.24) is 0 Å². The number of hydrogen-bond acceptors (Lipinski definition) is 2. The predicted molar refractivity (Wildman–Crippen MR) is 96.8 cm³/mol. The highest BCUT2D eigenvalue weighted by molar-refractivity contribution is 5.03. The van der Waals surface area contributed by atoms with Gasteiger partial charge >= 0.3 is 0 Å². The lowest BCUT2D eigenvalue weighted by Gasteiger charge is -2.26. The van der Waals surface area contributed by atoms with Crippen LogP contribution < -0.4 is 0 Å². The molecule has 0 aromatic heterocycles. The van der Waals surface area contributed by atoms with Gasteiger partial charge in [0, 0.05) is 0 Å². The summed E-state index contributed by atoms with van der Waals surface area (Å²) in [6.45, 7) is 16.0. The second-order valence-corrected chi connectivity index (χ2v) is 6.93. The lowest BCUT2D eigenvalue weighted by Crippen LogP contribution is -2.25. The highest BCUT2D eigenvalue weighted by atomic mass is 16.5. The minimum absolute atomic E-state index is 0.404. The van der Waals surface area contributed by atoms with Crippen molar-refractivity contribution in [2.24, 2.45) is 0 Å². The highest BCUT2D eigenvalue weighted by Crippen LogP contribution is 2.22. The van der Waals surface area contributed by atoms with E-state index >= 15 is 0 Å². The Morgan fingerprint density at radius 2 is 1.50 bits per heavy atom. The van der Waals surface area contributed by atoms with E-state index in [-0.39, 0.29) is 0 Å². The lowest BCUT2D eigenvalue weighted by atomic mass is 9.98. The van der Waals surface area contributed by atoms with E-state index in [1.54, 1.807) is 19.3 Å². The van der Waals surface area contributed by atoms with Crippen LogP contribution in [0.1, 0.15) is 67.2 Å². The molecule has 2 unspecified atom stereocenters. The van der Waals surface area contributed by atoms with Gasteiger partial charge in [-0.05, 0) is 79.4 Å². The van der Waals surface area contributed by atoms with Gasteiger partial charge in [0.05, 0.1) is 11.9 Å². The Hall–Kier alpha value is -1.28. The SMILES string of the molecule is C=CC(C)(CCC=C(C)C)O/C=C\C(C)(O)CCC=C(C)C. The van der Waals surface area contributed by atoms with Crippen molar-refractivity contribution in [2.75, 3.05) is 0 Å². The van der Waals surface area contributed by atoms with Crippen LogP contribution in [0, 0.1) is 0 Å². The average molecular weight is 306 g/mol. The van der Waals surface area contributed by atoms with Crippen LogP contribution in [-0.4, -0.2) is 16.3 Å². The molecule has 0 aromatic rings. The zero-order valence-corrected chi connectivity index (χ0v) is 15.3. The van der Waals surface area contributed by atoms with Crippen molar-refractivity contribution in [2.45, 2.75) is 78.4 Å². The molecule has 0 bridgehead atoms. The molecular formula is C20H34O2. The summed E-state index contributed by atoms with van der Waals surface area (Å²) in [5.41, 5.74) is 1.32. The van der Waals surface area contributed by atoms with Gasteiger partial charge in [0.15, 0.2) is 0 Å². The van der Waals surface area contributed by atoms with E-state index in [1.807, 2.05) is 13.0 Å². The van der Waals surface area contributed by atoms with Crippen LogP contribution in [0.2, 0.25) is 0 Å². The third-order valence-corrected chi connectivity index (χ3v) is 3.59. The molecule has 0 radical (unpaired) electrons. The summed E-state index contributed by atoms with van der Waals surface area (Å²) in [6, 6.07) is 0. The number of hydrogen-bond donors (Lipinski definition) is 1. The lowest BCUT2D eigenvalue weighted by molar-refractivity contribution is 0.0646. The average Bonchev–Trinajstić information content (AvgIpc) is 2.37. The smallest absolute Gasteiger partial charge is 0.123 e. The molecule has 2 atom stereocenters. The van der Waals surface area contributed by atoms with Gasteiger partial charge in [0.1, 0.15) is 5.60 Å². The summed E-state index contributed by atoms with van der Waals surface area (Å²) in [4.78, 5) is 0. The van der Waals surface area contributed by atoms with E-state index in [4.69, 9.17) is 4.74 Å². The first kappa shape index (κ1) is 20.7. The Morgan fingerprint density at radius 1 is 1.00 bits per heavy atom. The van der Waals surface area contributed by atoms with Crippen LogP contribution in [0.5, 0.6) is 0 Å². The molecule has 0 saturated heterocycles. The van der Waals surface area contributed by atoms with Crippen molar-refractivity contribution in [3.8, 4) is 0 Å². The zero-order chi connectivity index (χ0) is 17.2. The van der Waals surface area contributed by atoms with Gasteiger partial charge in [-0.2, -0.15) is 0 Å². The molecule has 0 aromatic carbocycles. The van der Waals surface area contributed by atoms with Crippen LogP contribution in [0.4, 0.5) is 0 Å². The molecule has 2 nitrogen and oxygen atoms in total. The van der Waals surface area contributed by atoms with Gasteiger partial charge in [-0.25, -0.2) is 0 Å². The van der Waals surface area contributed by atoms with E-state index in [1.165, 1.54) is 11.1 Å². The fraction of sp³-hybridized carbons (Fsp3) is 0.600. The molecule has 0 saturated carbocycles. The second-order valence-electron chi connectivity index (χ2n) is 6.93. The molecule has 0 aliphatic rings. The molecule has 2 heteroatoms. The van der Waals surface area contributed by atoms with Crippen molar-refractivity contribution in [3.05, 3.63) is 48.3 Å². The molecule has 0 heterocycles. The molecule has 0 spiro atoms. The minimum Gasteiger partial charge on any atom is -0.491 e. The molecule has 0 fully saturated rings. The Kier molecular flexibility index (Phi) is 9.12. The van der Waals surface area contributed by atoms with Gasteiger partial charge in [-0.15, -0.1) is 0 Å². The van der Waals surface area contributed by atoms with E-state index in [9.17, 15) is 5.11 Å². The molecule has 0 aliphatic heterocycles. The van der Waals surface area contributed by atoms with Gasteiger partial charge in [0.25, 0.3) is 0 Å². The molecule has 22 heavy (non-hydrogen) atoms. The Balaban J connectivity index is 4.48. The topological polar surface area (TPSA) is 29.5 Å². The maximum Gasteiger partial charge on any atom is 0.123 e. The fourth-order valence-corrected chi connectivity index (χ4v) is 1.93. The van der Waals surface area contributed by atoms with Gasteiger partial charge in [-0.1, -0.05) is 29.9 Å². The van der Waals surface area contributed by atoms with Crippen LogP contribution in [-0.2, 0) is 4.74 Å². The Labute approximate surface area is 137 Å². The van der Waals surface area contributed by atoms with Gasteiger partial charge in [-0.3, -0.25) is 0 Å². The number of aliphatic hydroxyl groups is 1. The van der Waals surface area contributed by atoms with E-state index in [0.29, 0.717) is 6.42 Å². The Morgan fingerprint density at radius 3 is 1.95 bits per heavy atom. The molecule has 0 rings (SSSR count). The second kappa shape index (κ2) is 9.68. The van der Waals surface area contributed by atoms with Crippen molar-refractivity contribution < 1.29 is 9.84 Å². The molecule has 0 aliphatic carbocycles. The fourth-order valence-electron chi connectivity index (χ4n) is 1.93. The number of ether oxygens (including phenoxy) is 1. The first-order valence-electron chi connectivity index (χ1n) is 8.08. The minimum atomic E-state index is -0.853. The van der Waals surface area contributed by atoms with Crippen LogP contribution >= 0.6 is 0 Å². The van der Waals surface area contributed by atoms with Crippen molar-refractivity contribution >= 4 is 0 Å². The summed E-state index contributed by atoms with van der Waals surface area (Å²) in [6.07, 6.45) is 12.9. The summed E-state index contributed by atoms with van der Waals surface area (Å²) < 4.78 is 5.82. The maximum absolute atomic E-state index is 10.3. The zero-order valence-electron chi connectivity index (χ0n) is 15.3. The van der Waals surface area contributed by atoms with Gasteiger partial charge in [0.2, 0.25) is 0 Å². The summed E-state index contributed by atoms with van der Waals surface area (Å²) in [7, 11) is 0.